The minimum atomic E-state index is 0.223. The molecule has 1 aliphatic rings. The Balaban J connectivity index is 1.92. The fourth-order valence-electron chi connectivity index (χ4n) is 2.59. The van der Waals surface area contributed by atoms with Gasteiger partial charge in [-0.15, -0.1) is 11.3 Å². The van der Waals surface area contributed by atoms with Gasteiger partial charge in [-0.05, 0) is 36.7 Å². The van der Waals surface area contributed by atoms with Gasteiger partial charge < -0.3 is 0 Å². The largest absolute Gasteiger partial charge is 0.241 e. The summed E-state index contributed by atoms with van der Waals surface area (Å²) in [6.07, 6.45) is 5.04. The topological polar surface area (TPSA) is 12.9 Å². The molecule has 0 bridgehead atoms. The number of nitrogens with zero attached hydrogens (tertiary/aromatic N) is 1. The molecule has 2 aromatic rings. The van der Waals surface area contributed by atoms with E-state index in [1.807, 2.05) is 11.3 Å². The molecule has 19 heavy (non-hydrogen) atoms. The number of rotatable bonds is 1. The average molecular weight is 271 g/mol. The predicted molar refractivity (Wildman–Crippen MR) is 82.9 cm³/mol. The van der Waals surface area contributed by atoms with Gasteiger partial charge in [0.05, 0.1) is 5.69 Å². The van der Waals surface area contributed by atoms with E-state index >= 15 is 0 Å². The lowest BCUT2D eigenvalue weighted by molar-refractivity contribution is 0.590. The van der Waals surface area contributed by atoms with Crippen LogP contribution in [0.5, 0.6) is 0 Å². The Labute approximate surface area is 119 Å². The molecular formula is C17H21NS. The van der Waals surface area contributed by atoms with Gasteiger partial charge in [0.2, 0.25) is 0 Å². The molecule has 0 amide bonds. The number of fused-ring (bicyclic) bond motifs is 1. The van der Waals surface area contributed by atoms with Crippen LogP contribution >= 0.6 is 11.3 Å². The molecule has 0 saturated heterocycles. The van der Waals surface area contributed by atoms with E-state index in [0.29, 0.717) is 0 Å². The first kappa shape index (κ1) is 12.9. The van der Waals surface area contributed by atoms with Crippen LogP contribution in [0, 0.1) is 0 Å². The van der Waals surface area contributed by atoms with E-state index in [2.05, 4.69) is 45.0 Å². The van der Waals surface area contributed by atoms with Crippen LogP contribution in [-0.2, 0) is 18.3 Å². The molecule has 1 nitrogen and oxygen atoms in total. The third-order valence-corrected chi connectivity index (χ3v) is 5.05. The number of aromatic nitrogens is 1. The molecular weight excluding hydrogens is 250 g/mol. The first-order valence-electron chi connectivity index (χ1n) is 7.13. The van der Waals surface area contributed by atoms with Crippen LogP contribution in [0.15, 0.2) is 24.3 Å². The van der Waals surface area contributed by atoms with Crippen molar-refractivity contribution in [3.8, 4) is 10.6 Å². The van der Waals surface area contributed by atoms with Crippen LogP contribution in [0.2, 0.25) is 0 Å². The molecule has 1 aliphatic carbocycles. The SMILES string of the molecule is CC(C)(C)c1ccc(-c2nc3c(s2)CCCC3)cc1. The molecule has 1 heterocycles. The van der Waals surface area contributed by atoms with Gasteiger partial charge in [-0.3, -0.25) is 0 Å². The zero-order chi connectivity index (χ0) is 13.5. The highest BCUT2D eigenvalue weighted by Gasteiger charge is 2.17. The minimum absolute atomic E-state index is 0.223. The Morgan fingerprint density at radius 2 is 1.68 bits per heavy atom. The molecule has 0 aliphatic heterocycles. The van der Waals surface area contributed by atoms with E-state index in [1.54, 1.807) is 0 Å². The summed E-state index contributed by atoms with van der Waals surface area (Å²) in [5.41, 5.74) is 4.23. The Bertz CT molecular complexity index is 549. The lowest BCUT2D eigenvalue weighted by Gasteiger charge is -2.18. The monoisotopic (exact) mass is 271 g/mol. The second-order valence-corrected chi connectivity index (χ2v) is 7.51. The number of hydrogen-bond donors (Lipinski definition) is 0. The molecule has 0 radical (unpaired) electrons. The van der Waals surface area contributed by atoms with Crippen LogP contribution in [0.25, 0.3) is 10.6 Å². The van der Waals surface area contributed by atoms with Crippen molar-refractivity contribution in [2.75, 3.05) is 0 Å². The van der Waals surface area contributed by atoms with E-state index in [-0.39, 0.29) is 5.41 Å². The molecule has 0 fully saturated rings. The van der Waals surface area contributed by atoms with Crippen molar-refractivity contribution in [3.63, 3.8) is 0 Å². The second kappa shape index (κ2) is 4.75. The van der Waals surface area contributed by atoms with E-state index < -0.39 is 0 Å². The number of aryl methyl sites for hydroxylation is 2. The van der Waals surface area contributed by atoms with Gasteiger partial charge in [-0.2, -0.15) is 0 Å². The van der Waals surface area contributed by atoms with Crippen molar-refractivity contribution in [1.29, 1.82) is 0 Å². The van der Waals surface area contributed by atoms with Crippen molar-refractivity contribution in [1.82, 2.24) is 4.98 Å². The van der Waals surface area contributed by atoms with Crippen LogP contribution in [0.4, 0.5) is 0 Å². The summed E-state index contributed by atoms with van der Waals surface area (Å²) in [4.78, 5) is 6.35. The van der Waals surface area contributed by atoms with E-state index in [4.69, 9.17) is 4.98 Å². The Hall–Kier alpha value is -1.15. The predicted octanol–water partition coefficient (Wildman–Crippen LogP) is 4.99. The summed E-state index contributed by atoms with van der Waals surface area (Å²) in [7, 11) is 0. The van der Waals surface area contributed by atoms with E-state index in [1.165, 1.54) is 52.4 Å². The number of benzene rings is 1. The maximum atomic E-state index is 4.83. The minimum Gasteiger partial charge on any atom is -0.241 e. The first-order valence-corrected chi connectivity index (χ1v) is 7.95. The summed E-state index contributed by atoms with van der Waals surface area (Å²) in [5, 5.41) is 1.20. The molecule has 0 saturated carbocycles. The summed E-state index contributed by atoms with van der Waals surface area (Å²) >= 11 is 1.89. The summed E-state index contributed by atoms with van der Waals surface area (Å²) in [6, 6.07) is 8.95. The van der Waals surface area contributed by atoms with Gasteiger partial charge in [0.15, 0.2) is 0 Å². The van der Waals surface area contributed by atoms with E-state index in [9.17, 15) is 0 Å². The van der Waals surface area contributed by atoms with Crippen LogP contribution in [0.1, 0.15) is 49.7 Å². The highest BCUT2D eigenvalue weighted by Crippen LogP contribution is 2.33. The number of hydrogen-bond acceptors (Lipinski definition) is 2. The van der Waals surface area contributed by atoms with Gasteiger partial charge in [-0.25, -0.2) is 4.98 Å². The molecule has 0 unspecified atom stereocenters. The zero-order valence-electron chi connectivity index (χ0n) is 12.0. The zero-order valence-corrected chi connectivity index (χ0v) is 12.8. The number of thiazole rings is 1. The molecule has 100 valence electrons. The van der Waals surface area contributed by atoms with Gasteiger partial charge in [-0.1, -0.05) is 45.0 Å². The average Bonchev–Trinajstić information content (AvgIpc) is 2.81. The maximum absolute atomic E-state index is 4.83. The van der Waals surface area contributed by atoms with Crippen molar-refractivity contribution in [3.05, 3.63) is 40.4 Å². The molecule has 3 rings (SSSR count). The summed E-state index contributed by atoms with van der Waals surface area (Å²) in [6.45, 7) is 6.76. The van der Waals surface area contributed by atoms with Gasteiger partial charge in [0.1, 0.15) is 5.01 Å². The molecule has 1 aromatic heterocycles. The Morgan fingerprint density at radius 1 is 1.00 bits per heavy atom. The molecule has 0 spiro atoms. The normalized spacial score (nSPS) is 15.3. The highest BCUT2D eigenvalue weighted by molar-refractivity contribution is 7.15. The molecule has 2 heteroatoms. The van der Waals surface area contributed by atoms with Crippen molar-refractivity contribution < 1.29 is 0 Å². The Kier molecular flexibility index (Phi) is 3.22. The van der Waals surface area contributed by atoms with Crippen LogP contribution in [0.3, 0.4) is 0 Å². The first-order chi connectivity index (χ1) is 9.04. The van der Waals surface area contributed by atoms with Crippen LogP contribution < -0.4 is 0 Å². The second-order valence-electron chi connectivity index (χ2n) is 6.42. The standard InChI is InChI=1S/C17H21NS/c1-17(2,3)13-10-8-12(9-11-13)16-18-14-6-4-5-7-15(14)19-16/h8-11H,4-7H2,1-3H3. The van der Waals surface area contributed by atoms with Crippen LogP contribution in [-0.4, -0.2) is 4.98 Å². The lowest BCUT2D eigenvalue weighted by atomic mass is 9.87. The Morgan fingerprint density at radius 3 is 2.32 bits per heavy atom. The van der Waals surface area contributed by atoms with Gasteiger partial charge in [0.25, 0.3) is 0 Å². The van der Waals surface area contributed by atoms with Gasteiger partial charge >= 0.3 is 0 Å². The summed E-state index contributed by atoms with van der Waals surface area (Å²) in [5.74, 6) is 0. The smallest absolute Gasteiger partial charge is 0.123 e. The maximum Gasteiger partial charge on any atom is 0.123 e. The fraction of sp³-hybridized carbons (Fsp3) is 0.471. The van der Waals surface area contributed by atoms with Crippen molar-refractivity contribution in [2.45, 2.75) is 51.9 Å². The third kappa shape index (κ3) is 2.59. The van der Waals surface area contributed by atoms with E-state index in [0.717, 1.165) is 0 Å². The fourth-order valence-corrected chi connectivity index (χ4v) is 3.74. The molecule has 0 atom stereocenters. The lowest BCUT2D eigenvalue weighted by Crippen LogP contribution is -2.10. The molecule has 1 aromatic carbocycles. The summed E-state index contributed by atoms with van der Waals surface area (Å²) < 4.78 is 0. The molecule has 0 N–H and O–H groups in total. The van der Waals surface area contributed by atoms with Crippen molar-refractivity contribution in [2.24, 2.45) is 0 Å². The van der Waals surface area contributed by atoms with Gasteiger partial charge in [0, 0.05) is 10.4 Å². The highest BCUT2D eigenvalue weighted by atomic mass is 32.1. The third-order valence-electron chi connectivity index (χ3n) is 3.84. The van der Waals surface area contributed by atoms with Crippen molar-refractivity contribution >= 4 is 11.3 Å². The quantitative estimate of drug-likeness (QED) is 0.712.